The summed E-state index contributed by atoms with van der Waals surface area (Å²) < 4.78 is 42.9. The zero-order valence-electron chi connectivity index (χ0n) is 19.3. The molecular formula is C27H26F2O6. The van der Waals surface area contributed by atoms with Crippen LogP contribution in [-0.4, -0.2) is 30.0 Å². The number of rotatable bonds is 8. The Balaban J connectivity index is 1.37. The fourth-order valence-corrected chi connectivity index (χ4v) is 4.44. The van der Waals surface area contributed by atoms with Crippen molar-refractivity contribution in [2.24, 2.45) is 5.41 Å². The Morgan fingerprint density at radius 1 is 1.06 bits per heavy atom. The van der Waals surface area contributed by atoms with Crippen LogP contribution in [0.4, 0.5) is 8.78 Å². The summed E-state index contributed by atoms with van der Waals surface area (Å²) in [6, 6.07) is 15.6. The number of carboxylic acids is 1. The van der Waals surface area contributed by atoms with E-state index in [2.05, 4.69) is 4.74 Å². The van der Waals surface area contributed by atoms with Crippen molar-refractivity contribution in [1.82, 2.24) is 0 Å². The number of aromatic carboxylic acids is 1. The van der Waals surface area contributed by atoms with Gasteiger partial charge in [-0.15, -0.1) is 0 Å². The van der Waals surface area contributed by atoms with Crippen LogP contribution in [0.5, 0.6) is 11.5 Å². The Morgan fingerprint density at radius 2 is 1.77 bits per heavy atom. The molecule has 1 N–H and O–H groups in total. The Morgan fingerprint density at radius 3 is 2.49 bits per heavy atom. The molecule has 0 aromatic heterocycles. The van der Waals surface area contributed by atoms with Crippen LogP contribution >= 0.6 is 0 Å². The Bertz CT molecular complexity index is 1230. The SMILES string of the molecule is C[C@]1(C(=O)OCc2cccc3ccccc23)CC[C@@H](Oc2cc(C(=O)O)c(OCF)cc2F)CC1. The summed E-state index contributed by atoms with van der Waals surface area (Å²) in [5.41, 5.74) is -0.160. The molecule has 0 atom stereocenters. The van der Waals surface area contributed by atoms with Gasteiger partial charge in [-0.25, -0.2) is 13.6 Å². The van der Waals surface area contributed by atoms with Crippen LogP contribution in [0.1, 0.15) is 48.5 Å². The smallest absolute Gasteiger partial charge is 0.339 e. The quantitative estimate of drug-likeness (QED) is 0.392. The van der Waals surface area contributed by atoms with Crippen molar-refractivity contribution in [2.45, 2.75) is 45.3 Å². The van der Waals surface area contributed by atoms with Gasteiger partial charge in [0, 0.05) is 12.1 Å². The first-order chi connectivity index (χ1) is 16.8. The molecule has 6 nitrogen and oxygen atoms in total. The molecule has 0 aliphatic heterocycles. The van der Waals surface area contributed by atoms with E-state index in [0.717, 1.165) is 28.5 Å². The number of carbonyl (C=O) groups is 2. The number of carboxylic acid groups (broad SMARTS) is 1. The van der Waals surface area contributed by atoms with E-state index in [1.807, 2.05) is 49.4 Å². The molecule has 0 unspecified atom stereocenters. The minimum absolute atomic E-state index is 0.173. The molecule has 0 spiro atoms. The van der Waals surface area contributed by atoms with Crippen molar-refractivity contribution in [3.63, 3.8) is 0 Å². The van der Waals surface area contributed by atoms with Crippen molar-refractivity contribution < 1.29 is 37.7 Å². The fraction of sp³-hybridized carbons (Fsp3) is 0.333. The maximum Gasteiger partial charge on any atom is 0.339 e. The van der Waals surface area contributed by atoms with Gasteiger partial charge in [-0.3, -0.25) is 4.79 Å². The second-order valence-electron chi connectivity index (χ2n) is 8.93. The predicted octanol–water partition coefficient (Wildman–Crippen LogP) is 6.05. The number of carbonyl (C=O) groups excluding carboxylic acids is 1. The standard InChI is InChI=1S/C27H26F2O6/c1-27(26(32)33-15-18-7-4-6-17-5-2-3-8-20(17)18)11-9-19(10-12-27)35-24-13-21(25(30)31)23(34-16-28)14-22(24)29/h2-8,13-14,19H,9-12,15-16H2,1H3,(H,30,31)/t19-,27+. The van der Waals surface area contributed by atoms with Gasteiger partial charge >= 0.3 is 11.9 Å². The lowest BCUT2D eigenvalue weighted by atomic mass is 9.74. The van der Waals surface area contributed by atoms with Gasteiger partial charge in [0.25, 0.3) is 0 Å². The van der Waals surface area contributed by atoms with Crippen LogP contribution in [0.3, 0.4) is 0 Å². The molecule has 0 bridgehead atoms. The van der Waals surface area contributed by atoms with E-state index in [4.69, 9.17) is 9.47 Å². The summed E-state index contributed by atoms with van der Waals surface area (Å²) in [6.45, 7) is 0.741. The third-order valence-electron chi connectivity index (χ3n) is 6.54. The topological polar surface area (TPSA) is 82.1 Å². The Labute approximate surface area is 201 Å². The van der Waals surface area contributed by atoms with Gasteiger partial charge in [0.2, 0.25) is 6.86 Å². The molecule has 8 heteroatoms. The number of halogens is 2. The van der Waals surface area contributed by atoms with Gasteiger partial charge in [0.05, 0.1) is 11.5 Å². The monoisotopic (exact) mass is 484 g/mol. The molecule has 0 amide bonds. The summed E-state index contributed by atoms with van der Waals surface area (Å²) >= 11 is 0. The van der Waals surface area contributed by atoms with Crippen LogP contribution < -0.4 is 9.47 Å². The molecule has 1 aliphatic carbocycles. The summed E-state index contributed by atoms with van der Waals surface area (Å²) in [5.74, 6) is -3.18. The molecule has 35 heavy (non-hydrogen) atoms. The number of fused-ring (bicyclic) bond motifs is 1. The number of hydrogen-bond donors (Lipinski definition) is 1. The minimum Gasteiger partial charge on any atom is -0.487 e. The number of hydrogen-bond acceptors (Lipinski definition) is 5. The van der Waals surface area contributed by atoms with Crippen molar-refractivity contribution in [1.29, 1.82) is 0 Å². The molecular weight excluding hydrogens is 458 g/mol. The van der Waals surface area contributed by atoms with E-state index in [1.165, 1.54) is 0 Å². The molecule has 3 aromatic rings. The largest absolute Gasteiger partial charge is 0.487 e. The second kappa shape index (κ2) is 10.3. The molecule has 0 heterocycles. The Hall–Kier alpha value is -3.68. The average Bonchev–Trinajstić information content (AvgIpc) is 2.85. The van der Waals surface area contributed by atoms with Crippen LogP contribution in [0.15, 0.2) is 54.6 Å². The lowest BCUT2D eigenvalue weighted by molar-refractivity contribution is -0.159. The highest BCUT2D eigenvalue weighted by Gasteiger charge is 2.40. The van der Waals surface area contributed by atoms with E-state index in [9.17, 15) is 23.5 Å². The normalized spacial score (nSPS) is 19.8. The maximum atomic E-state index is 14.4. The van der Waals surface area contributed by atoms with Gasteiger partial charge < -0.3 is 19.3 Å². The Kier molecular flexibility index (Phi) is 7.19. The lowest BCUT2D eigenvalue weighted by Crippen LogP contribution is -2.37. The number of alkyl halides is 1. The van der Waals surface area contributed by atoms with Gasteiger partial charge in [-0.2, -0.15) is 0 Å². The van der Waals surface area contributed by atoms with E-state index < -0.39 is 41.5 Å². The van der Waals surface area contributed by atoms with Crippen molar-refractivity contribution in [2.75, 3.05) is 6.86 Å². The van der Waals surface area contributed by atoms with Gasteiger partial charge in [-0.05, 0) is 48.9 Å². The highest BCUT2D eigenvalue weighted by atomic mass is 19.1. The molecule has 184 valence electrons. The first-order valence-electron chi connectivity index (χ1n) is 11.4. The molecule has 1 fully saturated rings. The molecule has 3 aromatic carbocycles. The van der Waals surface area contributed by atoms with Crippen LogP contribution in [0.2, 0.25) is 0 Å². The minimum atomic E-state index is -1.39. The van der Waals surface area contributed by atoms with Crippen LogP contribution in [0, 0.1) is 11.2 Å². The molecule has 1 saturated carbocycles. The number of ether oxygens (including phenoxy) is 3. The first-order valence-corrected chi connectivity index (χ1v) is 11.4. The second-order valence-corrected chi connectivity index (χ2v) is 8.93. The van der Waals surface area contributed by atoms with E-state index >= 15 is 0 Å². The van der Waals surface area contributed by atoms with Crippen LogP contribution in [0.25, 0.3) is 10.8 Å². The molecule has 0 radical (unpaired) electrons. The van der Waals surface area contributed by atoms with Gasteiger partial charge in [-0.1, -0.05) is 42.5 Å². The van der Waals surface area contributed by atoms with E-state index in [-0.39, 0.29) is 18.3 Å². The fourth-order valence-electron chi connectivity index (χ4n) is 4.44. The predicted molar refractivity (Wildman–Crippen MR) is 125 cm³/mol. The van der Waals surface area contributed by atoms with Gasteiger partial charge in [0.15, 0.2) is 11.6 Å². The van der Waals surface area contributed by atoms with E-state index in [0.29, 0.717) is 25.7 Å². The number of esters is 1. The van der Waals surface area contributed by atoms with Gasteiger partial charge in [0.1, 0.15) is 17.9 Å². The lowest BCUT2D eigenvalue weighted by Gasteiger charge is -2.35. The molecule has 1 aliphatic rings. The third-order valence-corrected chi connectivity index (χ3v) is 6.54. The summed E-state index contributed by atoms with van der Waals surface area (Å²) in [6.07, 6.45) is 1.47. The highest BCUT2D eigenvalue weighted by molar-refractivity contribution is 5.91. The maximum absolute atomic E-state index is 14.4. The third kappa shape index (κ3) is 5.37. The molecule has 0 saturated heterocycles. The molecule has 4 rings (SSSR count). The van der Waals surface area contributed by atoms with Crippen LogP contribution in [-0.2, 0) is 16.1 Å². The number of benzene rings is 3. The summed E-state index contributed by atoms with van der Waals surface area (Å²) in [5, 5.41) is 11.4. The highest BCUT2D eigenvalue weighted by Crippen LogP contribution is 2.39. The van der Waals surface area contributed by atoms with Crippen molar-refractivity contribution in [3.8, 4) is 11.5 Å². The summed E-state index contributed by atoms with van der Waals surface area (Å²) in [7, 11) is 0. The van der Waals surface area contributed by atoms with Crippen molar-refractivity contribution in [3.05, 3.63) is 71.5 Å². The summed E-state index contributed by atoms with van der Waals surface area (Å²) in [4.78, 5) is 24.4. The zero-order chi connectivity index (χ0) is 25.0. The van der Waals surface area contributed by atoms with E-state index in [1.54, 1.807) is 0 Å². The zero-order valence-corrected chi connectivity index (χ0v) is 19.3. The van der Waals surface area contributed by atoms with Crippen molar-refractivity contribution >= 4 is 22.7 Å². The average molecular weight is 484 g/mol. The first kappa shape index (κ1) is 24.4.